The van der Waals surface area contributed by atoms with Crippen molar-refractivity contribution in [2.24, 2.45) is 5.92 Å². The van der Waals surface area contributed by atoms with Crippen molar-refractivity contribution in [3.63, 3.8) is 0 Å². The van der Waals surface area contributed by atoms with E-state index in [2.05, 4.69) is 10.2 Å². The molecule has 1 aliphatic heterocycles. The Balaban J connectivity index is 0.00000144. The van der Waals surface area contributed by atoms with E-state index >= 15 is 0 Å². The fourth-order valence-corrected chi connectivity index (χ4v) is 3.99. The van der Waals surface area contributed by atoms with Gasteiger partial charge in [-0.2, -0.15) is 0 Å². The summed E-state index contributed by atoms with van der Waals surface area (Å²) >= 11 is 0. The molecule has 7 heteroatoms. The van der Waals surface area contributed by atoms with Gasteiger partial charge in [0.2, 0.25) is 0 Å². The topological polar surface area (TPSA) is 35.5 Å². The molecular formula is C17H26Cl2F2N2O. The van der Waals surface area contributed by atoms with E-state index in [4.69, 9.17) is 0 Å². The molecule has 0 unspecified atom stereocenters. The van der Waals surface area contributed by atoms with Gasteiger partial charge < -0.3 is 10.4 Å². The molecule has 2 fully saturated rings. The van der Waals surface area contributed by atoms with Crippen molar-refractivity contribution >= 4 is 24.8 Å². The summed E-state index contributed by atoms with van der Waals surface area (Å²) in [5.74, 6) is -1.25. The van der Waals surface area contributed by atoms with Crippen LogP contribution in [0.1, 0.15) is 43.7 Å². The van der Waals surface area contributed by atoms with Gasteiger partial charge in [0.15, 0.2) is 0 Å². The second kappa shape index (κ2) is 9.76. The first-order chi connectivity index (χ1) is 10.7. The quantitative estimate of drug-likeness (QED) is 0.827. The lowest BCUT2D eigenvalue weighted by Gasteiger charge is -2.41. The van der Waals surface area contributed by atoms with Crippen LogP contribution in [0.25, 0.3) is 0 Å². The number of halogens is 4. The average molecular weight is 383 g/mol. The van der Waals surface area contributed by atoms with Crippen LogP contribution in [-0.4, -0.2) is 36.2 Å². The molecule has 0 spiro atoms. The van der Waals surface area contributed by atoms with Gasteiger partial charge in [-0.25, -0.2) is 8.78 Å². The van der Waals surface area contributed by atoms with Crippen LogP contribution in [0.15, 0.2) is 12.1 Å². The first kappa shape index (κ1) is 21.4. The predicted octanol–water partition coefficient (Wildman–Crippen LogP) is 4.04. The summed E-state index contributed by atoms with van der Waals surface area (Å²) < 4.78 is 27.8. The highest BCUT2D eigenvalue weighted by atomic mass is 35.5. The first-order valence-electron chi connectivity index (χ1n) is 8.29. The van der Waals surface area contributed by atoms with Crippen molar-refractivity contribution in [2.45, 2.75) is 38.1 Å². The van der Waals surface area contributed by atoms with E-state index in [9.17, 15) is 13.9 Å². The highest BCUT2D eigenvalue weighted by molar-refractivity contribution is 5.85. The molecule has 24 heavy (non-hydrogen) atoms. The number of aromatic hydroxyl groups is 1. The molecule has 1 saturated heterocycles. The summed E-state index contributed by atoms with van der Waals surface area (Å²) in [4.78, 5) is 2.25. The van der Waals surface area contributed by atoms with E-state index in [1.165, 1.54) is 6.42 Å². The third-order valence-electron chi connectivity index (χ3n) is 5.01. The number of hydrogen-bond donors (Lipinski definition) is 2. The fraction of sp³-hybridized carbons (Fsp3) is 0.647. The van der Waals surface area contributed by atoms with Crippen LogP contribution in [0, 0.1) is 17.6 Å². The van der Waals surface area contributed by atoms with E-state index in [0.29, 0.717) is 5.92 Å². The van der Waals surface area contributed by atoms with Crippen LogP contribution in [0.2, 0.25) is 0 Å². The Labute approximate surface area is 154 Å². The van der Waals surface area contributed by atoms with Gasteiger partial charge in [-0.15, -0.1) is 24.8 Å². The Bertz CT molecular complexity index is 480. The highest BCUT2D eigenvalue weighted by Crippen LogP contribution is 2.42. The summed E-state index contributed by atoms with van der Waals surface area (Å²) in [6, 6.07) is 1.78. The van der Waals surface area contributed by atoms with Crippen LogP contribution in [-0.2, 0) is 0 Å². The molecule has 1 heterocycles. The Morgan fingerprint density at radius 3 is 2.25 bits per heavy atom. The predicted molar refractivity (Wildman–Crippen MR) is 96.3 cm³/mol. The van der Waals surface area contributed by atoms with E-state index < -0.39 is 11.6 Å². The first-order valence-corrected chi connectivity index (χ1v) is 8.29. The average Bonchev–Trinajstić information content (AvgIpc) is 2.52. The van der Waals surface area contributed by atoms with Gasteiger partial charge in [-0.1, -0.05) is 19.3 Å². The number of hydrogen-bond acceptors (Lipinski definition) is 3. The van der Waals surface area contributed by atoms with Gasteiger partial charge in [0.25, 0.3) is 0 Å². The van der Waals surface area contributed by atoms with Crippen LogP contribution in [0.4, 0.5) is 8.78 Å². The molecule has 1 atom stereocenters. The lowest BCUT2D eigenvalue weighted by Crippen LogP contribution is -2.47. The Morgan fingerprint density at radius 1 is 1.04 bits per heavy atom. The zero-order chi connectivity index (χ0) is 15.5. The number of phenolic OH excluding ortho intramolecular Hbond substituents is 1. The molecule has 2 N–H and O–H groups in total. The van der Waals surface area contributed by atoms with Crippen molar-refractivity contribution in [2.75, 3.05) is 26.2 Å². The Kier molecular flexibility index (Phi) is 8.71. The number of piperazine rings is 1. The highest BCUT2D eigenvalue weighted by Gasteiger charge is 2.34. The minimum absolute atomic E-state index is 0. The maximum atomic E-state index is 14.4. The van der Waals surface area contributed by atoms with Crippen LogP contribution in [0.5, 0.6) is 5.75 Å². The van der Waals surface area contributed by atoms with E-state index in [-0.39, 0.29) is 42.2 Å². The third kappa shape index (κ3) is 4.72. The Morgan fingerprint density at radius 2 is 1.67 bits per heavy atom. The lowest BCUT2D eigenvalue weighted by molar-refractivity contribution is 0.0983. The monoisotopic (exact) mass is 382 g/mol. The number of nitrogens with zero attached hydrogens (tertiary/aromatic N) is 1. The minimum atomic E-state index is -0.721. The smallest absolute Gasteiger partial charge is 0.134 e. The summed E-state index contributed by atoms with van der Waals surface area (Å²) in [5.41, 5.74) is 0.287. The Hall–Kier alpha value is -0.620. The standard InChI is InChI=1S/C17H24F2N2O.2ClH/c18-13-10-14(19)16(15(22)11-13)17(12-4-2-1-3-5-12)21-8-6-20-7-9-21;;/h10-12,17,20,22H,1-9H2;2*1H/t17-;;/m0../s1. The van der Waals surface area contributed by atoms with E-state index in [0.717, 1.165) is 64.0 Å². The molecule has 0 bridgehead atoms. The van der Waals surface area contributed by atoms with Gasteiger partial charge >= 0.3 is 0 Å². The fourth-order valence-electron chi connectivity index (χ4n) is 3.99. The molecule has 2 aliphatic rings. The second-order valence-electron chi connectivity index (χ2n) is 6.45. The molecule has 1 aromatic rings. The SMILES string of the molecule is Cl.Cl.Oc1cc(F)cc(F)c1[C@H](C1CCCCC1)N1CCNCC1. The molecule has 138 valence electrons. The van der Waals surface area contributed by atoms with Crippen LogP contribution in [0.3, 0.4) is 0 Å². The second-order valence-corrected chi connectivity index (χ2v) is 6.45. The van der Waals surface area contributed by atoms with Crippen molar-refractivity contribution in [3.8, 4) is 5.75 Å². The number of phenols is 1. The van der Waals surface area contributed by atoms with E-state index in [1.54, 1.807) is 0 Å². The van der Waals surface area contributed by atoms with Gasteiger partial charge in [0.05, 0.1) is 0 Å². The maximum Gasteiger partial charge on any atom is 0.134 e. The maximum absolute atomic E-state index is 14.4. The molecule has 0 amide bonds. The molecule has 0 aromatic heterocycles. The zero-order valence-corrected chi connectivity index (χ0v) is 15.3. The van der Waals surface area contributed by atoms with Crippen LogP contribution >= 0.6 is 24.8 Å². The molecule has 3 nitrogen and oxygen atoms in total. The lowest BCUT2D eigenvalue weighted by atomic mass is 9.79. The summed E-state index contributed by atoms with van der Waals surface area (Å²) in [5, 5.41) is 13.5. The largest absolute Gasteiger partial charge is 0.507 e. The van der Waals surface area contributed by atoms with Gasteiger partial charge in [0.1, 0.15) is 17.4 Å². The van der Waals surface area contributed by atoms with E-state index in [1.807, 2.05) is 0 Å². The molecule has 3 rings (SSSR count). The van der Waals surface area contributed by atoms with Crippen molar-refractivity contribution in [3.05, 3.63) is 29.3 Å². The molecule has 1 saturated carbocycles. The number of rotatable bonds is 3. The van der Waals surface area contributed by atoms with Gasteiger partial charge in [-0.05, 0) is 18.8 Å². The molecule has 1 aliphatic carbocycles. The minimum Gasteiger partial charge on any atom is -0.507 e. The summed E-state index contributed by atoms with van der Waals surface area (Å²) in [6.07, 6.45) is 5.62. The summed E-state index contributed by atoms with van der Waals surface area (Å²) in [6.45, 7) is 3.40. The van der Waals surface area contributed by atoms with Crippen molar-refractivity contribution < 1.29 is 13.9 Å². The van der Waals surface area contributed by atoms with Crippen LogP contribution < -0.4 is 5.32 Å². The number of benzene rings is 1. The normalized spacial score (nSPS) is 20.8. The molecule has 1 aromatic carbocycles. The van der Waals surface area contributed by atoms with Gasteiger partial charge in [-0.3, -0.25) is 4.90 Å². The van der Waals surface area contributed by atoms with Crippen molar-refractivity contribution in [1.29, 1.82) is 0 Å². The third-order valence-corrected chi connectivity index (χ3v) is 5.01. The summed E-state index contributed by atoms with van der Waals surface area (Å²) in [7, 11) is 0. The zero-order valence-electron chi connectivity index (χ0n) is 13.6. The number of nitrogens with one attached hydrogen (secondary N) is 1. The molecular weight excluding hydrogens is 357 g/mol. The van der Waals surface area contributed by atoms with Crippen molar-refractivity contribution in [1.82, 2.24) is 10.2 Å². The van der Waals surface area contributed by atoms with Gasteiger partial charge in [0, 0.05) is 49.9 Å². The molecule has 0 radical (unpaired) electrons.